The number of amides is 1. The summed E-state index contributed by atoms with van der Waals surface area (Å²) in [5.41, 5.74) is 1.05. The van der Waals surface area contributed by atoms with E-state index in [1.807, 2.05) is 0 Å². The summed E-state index contributed by atoms with van der Waals surface area (Å²) in [6.45, 7) is 1.94. The summed E-state index contributed by atoms with van der Waals surface area (Å²) in [5, 5.41) is 11.5. The van der Waals surface area contributed by atoms with Gasteiger partial charge in [0, 0.05) is 6.07 Å². The number of carboxylic acid groups (broad SMARTS) is 1. The predicted molar refractivity (Wildman–Crippen MR) is 88.0 cm³/mol. The third kappa shape index (κ3) is 3.83. The van der Waals surface area contributed by atoms with Gasteiger partial charge in [-0.3, -0.25) is 5.32 Å². The Labute approximate surface area is 141 Å². The van der Waals surface area contributed by atoms with Gasteiger partial charge in [-0.1, -0.05) is 6.07 Å². The first-order valence-corrected chi connectivity index (χ1v) is 7.36. The SMILES string of the molecule is CCOC(=O)Nc1nc2cc(Oc3cccc(C(=O)O)c3)cnc2[nH]1. The van der Waals surface area contributed by atoms with Gasteiger partial charge in [0.2, 0.25) is 5.95 Å². The van der Waals surface area contributed by atoms with Gasteiger partial charge in [-0.05, 0) is 25.1 Å². The smallest absolute Gasteiger partial charge is 0.413 e. The molecule has 3 aromatic rings. The highest BCUT2D eigenvalue weighted by atomic mass is 16.5. The summed E-state index contributed by atoms with van der Waals surface area (Å²) < 4.78 is 10.4. The van der Waals surface area contributed by atoms with Crippen molar-refractivity contribution in [2.24, 2.45) is 0 Å². The number of aromatic nitrogens is 3. The Morgan fingerprint density at radius 2 is 2.12 bits per heavy atom. The molecule has 25 heavy (non-hydrogen) atoms. The molecule has 2 aromatic heterocycles. The molecule has 9 heteroatoms. The molecule has 1 aromatic carbocycles. The number of fused-ring (bicyclic) bond motifs is 1. The zero-order valence-corrected chi connectivity index (χ0v) is 13.1. The molecular formula is C16H14N4O5. The Bertz CT molecular complexity index is 937. The number of H-pyrrole nitrogens is 1. The molecule has 1 amide bonds. The fourth-order valence-electron chi connectivity index (χ4n) is 2.08. The molecule has 0 fully saturated rings. The van der Waals surface area contributed by atoms with Crippen LogP contribution >= 0.6 is 0 Å². The Morgan fingerprint density at radius 3 is 2.88 bits per heavy atom. The second kappa shape index (κ2) is 6.87. The highest BCUT2D eigenvalue weighted by molar-refractivity contribution is 5.88. The lowest BCUT2D eigenvalue weighted by atomic mass is 10.2. The average Bonchev–Trinajstić information content (AvgIpc) is 2.96. The number of nitrogens with zero attached hydrogens (tertiary/aromatic N) is 2. The van der Waals surface area contributed by atoms with Crippen molar-refractivity contribution in [2.75, 3.05) is 11.9 Å². The van der Waals surface area contributed by atoms with E-state index in [-0.39, 0.29) is 18.1 Å². The lowest BCUT2D eigenvalue weighted by Crippen LogP contribution is -2.14. The molecule has 0 aliphatic carbocycles. The van der Waals surface area contributed by atoms with Crippen molar-refractivity contribution in [3.05, 3.63) is 42.1 Å². The van der Waals surface area contributed by atoms with Gasteiger partial charge in [-0.2, -0.15) is 0 Å². The van der Waals surface area contributed by atoms with Crippen LogP contribution in [0.25, 0.3) is 11.2 Å². The van der Waals surface area contributed by atoms with Crippen LogP contribution in [0.2, 0.25) is 0 Å². The van der Waals surface area contributed by atoms with Crippen LogP contribution in [-0.4, -0.2) is 38.7 Å². The summed E-state index contributed by atoms with van der Waals surface area (Å²) in [7, 11) is 0. The summed E-state index contributed by atoms with van der Waals surface area (Å²) in [5.74, 6) is -0.0994. The van der Waals surface area contributed by atoms with Crippen LogP contribution in [0.4, 0.5) is 10.7 Å². The zero-order chi connectivity index (χ0) is 17.8. The van der Waals surface area contributed by atoms with E-state index in [9.17, 15) is 9.59 Å². The molecule has 0 radical (unpaired) electrons. The van der Waals surface area contributed by atoms with E-state index in [1.54, 1.807) is 25.1 Å². The number of rotatable bonds is 5. The van der Waals surface area contributed by atoms with Crippen molar-refractivity contribution in [3.63, 3.8) is 0 Å². The normalized spacial score (nSPS) is 10.4. The number of carbonyl (C=O) groups excluding carboxylic acids is 1. The number of aromatic carboxylic acids is 1. The first-order chi connectivity index (χ1) is 12.0. The number of nitrogens with one attached hydrogen (secondary N) is 2. The number of carbonyl (C=O) groups is 2. The van der Waals surface area contributed by atoms with E-state index < -0.39 is 12.1 Å². The molecule has 0 aliphatic heterocycles. The molecule has 0 saturated carbocycles. The second-order valence-electron chi connectivity index (χ2n) is 4.90. The number of pyridine rings is 1. The number of aromatic amines is 1. The van der Waals surface area contributed by atoms with E-state index in [4.69, 9.17) is 14.6 Å². The number of hydrogen-bond acceptors (Lipinski definition) is 6. The third-order valence-corrected chi connectivity index (χ3v) is 3.12. The van der Waals surface area contributed by atoms with Crippen LogP contribution in [0.15, 0.2) is 36.5 Å². The lowest BCUT2D eigenvalue weighted by molar-refractivity contribution is 0.0696. The molecule has 0 saturated heterocycles. The minimum Gasteiger partial charge on any atom is -0.478 e. The summed E-state index contributed by atoms with van der Waals surface area (Å²) in [6, 6.07) is 7.71. The monoisotopic (exact) mass is 342 g/mol. The Hall–Kier alpha value is -3.62. The van der Waals surface area contributed by atoms with E-state index in [0.29, 0.717) is 22.7 Å². The maximum absolute atomic E-state index is 11.4. The summed E-state index contributed by atoms with van der Waals surface area (Å²) in [6.07, 6.45) is 0.839. The number of carboxylic acids is 1. The van der Waals surface area contributed by atoms with Crippen LogP contribution in [-0.2, 0) is 4.74 Å². The van der Waals surface area contributed by atoms with E-state index in [0.717, 1.165) is 0 Å². The van der Waals surface area contributed by atoms with Gasteiger partial charge in [0.15, 0.2) is 5.65 Å². The predicted octanol–water partition coefficient (Wildman–Crippen LogP) is 3.02. The maximum atomic E-state index is 11.4. The molecule has 3 N–H and O–H groups in total. The molecule has 0 aliphatic rings. The second-order valence-corrected chi connectivity index (χ2v) is 4.90. The number of imidazole rings is 1. The number of anilines is 1. The van der Waals surface area contributed by atoms with Crippen LogP contribution in [0.3, 0.4) is 0 Å². The van der Waals surface area contributed by atoms with Gasteiger partial charge in [0.25, 0.3) is 0 Å². The zero-order valence-electron chi connectivity index (χ0n) is 13.1. The highest BCUT2D eigenvalue weighted by Gasteiger charge is 2.10. The summed E-state index contributed by atoms with van der Waals surface area (Å²) in [4.78, 5) is 33.6. The molecule has 0 bridgehead atoms. The van der Waals surface area contributed by atoms with Crippen molar-refractivity contribution in [1.29, 1.82) is 0 Å². The van der Waals surface area contributed by atoms with Gasteiger partial charge in [0.05, 0.1) is 18.4 Å². The number of benzene rings is 1. The van der Waals surface area contributed by atoms with Crippen molar-refractivity contribution in [1.82, 2.24) is 15.0 Å². The van der Waals surface area contributed by atoms with E-state index >= 15 is 0 Å². The molecular weight excluding hydrogens is 328 g/mol. The Kier molecular flexibility index (Phi) is 4.46. The van der Waals surface area contributed by atoms with Crippen molar-refractivity contribution in [3.8, 4) is 11.5 Å². The summed E-state index contributed by atoms with van der Waals surface area (Å²) >= 11 is 0. The third-order valence-electron chi connectivity index (χ3n) is 3.12. The van der Waals surface area contributed by atoms with Gasteiger partial charge < -0.3 is 19.6 Å². The van der Waals surface area contributed by atoms with E-state index in [2.05, 4.69) is 20.3 Å². The first kappa shape index (κ1) is 16.2. The van der Waals surface area contributed by atoms with E-state index in [1.165, 1.54) is 18.3 Å². The molecule has 0 unspecified atom stereocenters. The van der Waals surface area contributed by atoms with Crippen molar-refractivity contribution < 1.29 is 24.2 Å². The number of ether oxygens (including phenoxy) is 2. The topological polar surface area (TPSA) is 126 Å². The van der Waals surface area contributed by atoms with Crippen LogP contribution in [0.5, 0.6) is 11.5 Å². The van der Waals surface area contributed by atoms with Crippen molar-refractivity contribution in [2.45, 2.75) is 6.92 Å². The highest BCUT2D eigenvalue weighted by Crippen LogP contribution is 2.24. The molecule has 2 heterocycles. The molecule has 0 atom stereocenters. The first-order valence-electron chi connectivity index (χ1n) is 7.36. The minimum absolute atomic E-state index is 0.118. The van der Waals surface area contributed by atoms with Crippen LogP contribution in [0.1, 0.15) is 17.3 Å². The molecule has 0 spiro atoms. The number of hydrogen-bond donors (Lipinski definition) is 3. The van der Waals surface area contributed by atoms with Crippen molar-refractivity contribution >= 4 is 29.2 Å². The Morgan fingerprint density at radius 1 is 1.28 bits per heavy atom. The lowest BCUT2D eigenvalue weighted by Gasteiger charge is -2.05. The minimum atomic E-state index is -1.04. The molecule has 128 valence electrons. The average molecular weight is 342 g/mol. The molecule has 3 rings (SSSR count). The fraction of sp³-hybridized carbons (Fsp3) is 0.125. The largest absolute Gasteiger partial charge is 0.478 e. The van der Waals surface area contributed by atoms with Gasteiger partial charge in [-0.25, -0.2) is 19.6 Å². The Balaban J connectivity index is 1.80. The van der Waals surface area contributed by atoms with Crippen LogP contribution in [0, 0.1) is 0 Å². The van der Waals surface area contributed by atoms with Gasteiger partial charge in [-0.15, -0.1) is 0 Å². The van der Waals surface area contributed by atoms with Gasteiger partial charge in [0.1, 0.15) is 17.0 Å². The maximum Gasteiger partial charge on any atom is 0.413 e. The molecule has 9 nitrogen and oxygen atoms in total. The van der Waals surface area contributed by atoms with Crippen LogP contribution < -0.4 is 10.1 Å². The quantitative estimate of drug-likeness (QED) is 0.650. The standard InChI is InChI=1S/C16H14N4O5/c1-2-24-16(23)20-15-18-12-7-11(8-17-13(12)19-15)25-10-5-3-4-9(6-10)14(21)22/h3-8H,2H2,1H3,(H,21,22)(H2,17,18,19,20,23). The van der Waals surface area contributed by atoms with Gasteiger partial charge >= 0.3 is 12.1 Å². The fourth-order valence-corrected chi connectivity index (χ4v) is 2.08.